The summed E-state index contributed by atoms with van der Waals surface area (Å²) in [4.78, 5) is 10.0. The molecule has 0 saturated carbocycles. The van der Waals surface area contributed by atoms with E-state index in [2.05, 4.69) is 19.1 Å². The van der Waals surface area contributed by atoms with Crippen LogP contribution in [0.15, 0.2) is 12.2 Å². The molecule has 111 valence electrons. The van der Waals surface area contributed by atoms with Crippen LogP contribution >= 0.6 is 0 Å². The topological polar surface area (TPSA) is 17.1 Å². The lowest BCUT2D eigenvalue weighted by Crippen LogP contribution is -1.82. The number of hydrogen-bond acceptors (Lipinski definition) is 1. The van der Waals surface area contributed by atoms with Crippen molar-refractivity contribution in [3.63, 3.8) is 0 Å². The molecule has 0 atom stereocenters. The summed E-state index contributed by atoms with van der Waals surface area (Å²) in [6, 6.07) is 0. The van der Waals surface area contributed by atoms with Crippen LogP contribution in [0.5, 0.6) is 0 Å². The first-order valence-electron chi connectivity index (χ1n) is 8.41. The lowest BCUT2D eigenvalue weighted by atomic mass is 10.1. The predicted octanol–water partition coefficient (Wildman–Crippen LogP) is 6.13. The van der Waals surface area contributed by atoms with Crippen molar-refractivity contribution in [3.8, 4) is 0 Å². The van der Waals surface area contributed by atoms with Gasteiger partial charge < -0.3 is 0 Å². The second-order valence-electron chi connectivity index (χ2n) is 5.48. The molecule has 0 aliphatic rings. The van der Waals surface area contributed by atoms with Crippen LogP contribution in [0.2, 0.25) is 0 Å². The van der Waals surface area contributed by atoms with Gasteiger partial charge in [0.05, 0.1) is 0 Å². The molecule has 0 aromatic rings. The van der Waals surface area contributed by atoms with E-state index in [1.165, 1.54) is 77.0 Å². The van der Waals surface area contributed by atoms with Crippen LogP contribution in [-0.4, -0.2) is 6.29 Å². The Bertz CT molecular complexity index is 196. The second-order valence-corrected chi connectivity index (χ2v) is 5.48. The third-order valence-electron chi connectivity index (χ3n) is 3.54. The van der Waals surface area contributed by atoms with E-state index in [0.29, 0.717) is 6.42 Å². The Kier molecular flexibility index (Phi) is 16.9. The fourth-order valence-electron chi connectivity index (χ4n) is 2.25. The lowest BCUT2D eigenvalue weighted by Gasteiger charge is -2.01. The Morgan fingerprint density at radius 3 is 1.68 bits per heavy atom. The van der Waals surface area contributed by atoms with Crippen molar-refractivity contribution in [2.75, 3.05) is 0 Å². The smallest absolute Gasteiger partial charge is 0.198 e. The standard InChI is InChI=1S/C18H33O/c1-2-3-4-5-6-7-8-9-10-11-12-13-14-15-16-17-18-19/h5-6H,2-4,7-17H2,1H3/b6-5-. The van der Waals surface area contributed by atoms with E-state index in [9.17, 15) is 4.79 Å². The van der Waals surface area contributed by atoms with E-state index in [1.807, 2.05) is 6.29 Å². The zero-order valence-electron chi connectivity index (χ0n) is 13.0. The van der Waals surface area contributed by atoms with E-state index in [4.69, 9.17) is 0 Å². The Morgan fingerprint density at radius 1 is 0.684 bits per heavy atom. The van der Waals surface area contributed by atoms with Crippen LogP contribution in [0.25, 0.3) is 0 Å². The molecule has 1 radical (unpaired) electrons. The molecule has 0 saturated heterocycles. The Morgan fingerprint density at radius 2 is 1.16 bits per heavy atom. The molecule has 0 amide bonds. The number of hydrogen-bond donors (Lipinski definition) is 0. The molecule has 0 N–H and O–H groups in total. The normalized spacial score (nSPS) is 11.2. The maximum absolute atomic E-state index is 10.0. The van der Waals surface area contributed by atoms with Gasteiger partial charge in [-0.2, -0.15) is 0 Å². The van der Waals surface area contributed by atoms with Crippen LogP contribution in [0.4, 0.5) is 0 Å². The molecule has 0 aromatic heterocycles. The van der Waals surface area contributed by atoms with E-state index >= 15 is 0 Å². The summed E-state index contributed by atoms with van der Waals surface area (Å²) in [6.07, 6.45) is 24.2. The predicted molar refractivity (Wildman–Crippen MR) is 85.1 cm³/mol. The summed E-state index contributed by atoms with van der Waals surface area (Å²) in [7, 11) is 0. The molecule has 0 unspecified atom stereocenters. The van der Waals surface area contributed by atoms with Gasteiger partial charge in [-0.1, -0.05) is 76.9 Å². The highest BCUT2D eigenvalue weighted by Gasteiger charge is 1.92. The monoisotopic (exact) mass is 265 g/mol. The molecule has 0 rings (SSSR count). The molecular weight excluding hydrogens is 232 g/mol. The summed E-state index contributed by atoms with van der Waals surface area (Å²) in [5.41, 5.74) is 0. The van der Waals surface area contributed by atoms with E-state index in [0.717, 1.165) is 6.42 Å². The van der Waals surface area contributed by atoms with Crippen LogP contribution in [0.3, 0.4) is 0 Å². The third kappa shape index (κ3) is 17.4. The molecule has 0 spiro atoms. The molecule has 0 heterocycles. The summed E-state index contributed by atoms with van der Waals surface area (Å²) in [5.74, 6) is 0. The molecule has 0 fully saturated rings. The average molecular weight is 265 g/mol. The number of unbranched alkanes of at least 4 members (excludes halogenated alkanes) is 12. The fourth-order valence-corrected chi connectivity index (χ4v) is 2.25. The maximum Gasteiger partial charge on any atom is 0.198 e. The zero-order chi connectivity index (χ0) is 14.0. The fraction of sp³-hybridized carbons (Fsp3) is 0.833. The van der Waals surface area contributed by atoms with Crippen LogP contribution < -0.4 is 0 Å². The van der Waals surface area contributed by atoms with Crippen molar-refractivity contribution in [1.29, 1.82) is 0 Å². The Hall–Kier alpha value is -0.590. The van der Waals surface area contributed by atoms with Gasteiger partial charge in [0.2, 0.25) is 0 Å². The first-order valence-corrected chi connectivity index (χ1v) is 8.41. The molecule has 0 aliphatic carbocycles. The number of allylic oxidation sites excluding steroid dienone is 2. The van der Waals surface area contributed by atoms with E-state index in [-0.39, 0.29) is 0 Å². The van der Waals surface area contributed by atoms with E-state index < -0.39 is 0 Å². The second kappa shape index (κ2) is 17.4. The minimum absolute atomic E-state index is 0.631. The van der Waals surface area contributed by atoms with E-state index in [1.54, 1.807) is 0 Å². The summed E-state index contributed by atoms with van der Waals surface area (Å²) < 4.78 is 0. The van der Waals surface area contributed by atoms with Crippen LogP contribution in [-0.2, 0) is 4.79 Å². The minimum atomic E-state index is 0.631. The van der Waals surface area contributed by atoms with Gasteiger partial charge in [-0.25, -0.2) is 0 Å². The van der Waals surface area contributed by atoms with Gasteiger partial charge in [0.25, 0.3) is 0 Å². The first kappa shape index (κ1) is 18.4. The molecule has 1 nitrogen and oxygen atoms in total. The van der Waals surface area contributed by atoms with Gasteiger partial charge in [-0.3, -0.25) is 4.79 Å². The Labute approximate surface area is 120 Å². The third-order valence-corrected chi connectivity index (χ3v) is 3.54. The highest BCUT2D eigenvalue weighted by molar-refractivity contribution is 5.50. The summed E-state index contributed by atoms with van der Waals surface area (Å²) in [6.45, 7) is 2.24. The van der Waals surface area contributed by atoms with Crippen LogP contribution in [0.1, 0.15) is 96.8 Å². The lowest BCUT2D eigenvalue weighted by molar-refractivity contribution is 0.537. The molecular formula is C18H33O. The first-order chi connectivity index (χ1) is 9.41. The molecule has 0 aromatic carbocycles. The average Bonchev–Trinajstić information content (AvgIpc) is 2.43. The van der Waals surface area contributed by atoms with Crippen molar-refractivity contribution >= 4 is 6.29 Å². The molecule has 0 aliphatic heterocycles. The van der Waals surface area contributed by atoms with Crippen molar-refractivity contribution in [2.24, 2.45) is 0 Å². The highest BCUT2D eigenvalue weighted by atomic mass is 16.1. The van der Waals surface area contributed by atoms with Crippen molar-refractivity contribution in [3.05, 3.63) is 12.2 Å². The maximum atomic E-state index is 10.0. The SMILES string of the molecule is CCCC/C=C\CCCCCCCCCCC[C]=O. The van der Waals surface area contributed by atoms with Gasteiger partial charge in [-0.05, 0) is 25.7 Å². The molecule has 19 heavy (non-hydrogen) atoms. The van der Waals surface area contributed by atoms with Crippen molar-refractivity contribution in [1.82, 2.24) is 0 Å². The van der Waals surface area contributed by atoms with Crippen molar-refractivity contribution in [2.45, 2.75) is 96.8 Å². The number of carbonyl (C=O) groups excluding carboxylic acids is 1. The summed E-state index contributed by atoms with van der Waals surface area (Å²) >= 11 is 0. The van der Waals surface area contributed by atoms with Gasteiger partial charge >= 0.3 is 0 Å². The van der Waals surface area contributed by atoms with Crippen molar-refractivity contribution < 1.29 is 4.79 Å². The minimum Gasteiger partial charge on any atom is -0.291 e. The Balaban J connectivity index is 2.98. The quantitative estimate of drug-likeness (QED) is 0.257. The van der Waals surface area contributed by atoms with Crippen LogP contribution in [0, 0.1) is 0 Å². The van der Waals surface area contributed by atoms with Gasteiger partial charge in [0.15, 0.2) is 6.29 Å². The molecule has 1 heteroatoms. The van der Waals surface area contributed by atoms with Gasteiger partial charge in [-0.15, -0.1) is 0 Å². The highest BCUT2D eigenvalue weighted by Crippen LogP contribution is 2.11. The largest absolute Gasteiger partial charge is 0.291 e. The number of rotatable bonds is 15. The van der Waals surface area contributed by atoms with Gasteiger partial charge in [0, 0.05) is 6.42 Å². The zero-order valence-corrected chi connectivity index (χ0v) is 13.0. The summed E-state index contributed by atoms with van der Waals surface area (Å²) in [5, 5.41) is 0. The molecule has 0 bridgehead atoms. The van der Waals surface area contributed by atoms with Gasteiger partial charge in [0.1, 0.15) is 0 Å².